The molecule has 0 heterocycles. The second kappa shape index (κ2) is 4.45. The summed E-state index contributed by atoms with van der Waals surface area (Å²) in [6.45, 7) is 2.25. The fourth-order valence-corrected chi connectivity index (χ4v) is 5.58. The van der Waals surface area contributed by atoms with E-state index in [1.165, 1.54) is 6.07 Å². The fourth-order valence-electron chi connectivity index (χ4n) is 5.58. The van der Waals surface area contributed by atoms with Gasteiger partial charge in [-0.25, -0.2) is 4.39 Å². The van der Waals surface area contributed by atoms with Gasteiger partial charge < -0.3 is 10.2 Å². The van der Waals surface area contributed by atoms with E-state index in [0.29, 0.717) is 17.8 Å². The molecule has 2 fully saturated rings. The van der Waals surface area contributed by atoms with Gasteiger partial charge in [0.05, 0.1) is 6.10 Å². The molecule has 3 aliphatic carbocycles. The topological polar surface area (TPSA) is 40.5 Å². The molecule has 2 nitrogen and oxygen atoms in total. The molecule has 3 heteroatoms. The third-order valence-electron chi connectivity index (χ3n) is 6.77. The first-order valence-corrected chi connectivity index (χ1v) is 8.20. The zero-order valence-electron chi connectivity index (χ0n) is 12.5. The molecule has 3 aliphatic rings. The molecule has 0 amide bonds. The van der Waals surface area contributed by atoms with Crippen molar-refractivity contribution in [3.63, 3.8) is 0 Å². The standard InChI is InChI=1S/C18H23FO2/c1-18-9-8-11-10-4-6-15(20)17(19)13(10)3-2-12(11)14(18)5-7-16(18)21/h4,6,11-12,14,16,20-21H,2-3,5,7-9H2,1H3/t11-,12-,14+,16+,18+/m1/s1/i19-1. The van der Waals surface area contributed by atoms with Crippen molar-refractivity contribution in [1.82, 2.24) is 0 Å². The Morgan fingerprint density at radius 2 is 2.00 bits per heavy atom. The van der Waals surface area contributed by atoms with Crippen LogP contribution < -0.4 is 0 Å². The van der Waals surface area contributed by atoms with E-state index in [0.717, 1.165) is 49.7 Å². The molecule has 2 saturated carbocycles. The van der Waals surface area contributed by atoms with Gasteiger partial charge >= 0.3 is 0 Å². The summed E-state index contributed by atoms with van der Waals surface area (Å²) in [5.74, 6) is 0.913. The summed E-state index contributed by atoms with van der Waals surface area (Å²) in [6.07, 6.45) is 5.63. The summed E-state index contributed by atoms with van der Waals surface area (Å²) < 4.78 is 14.2. The van der Waals surface area contributed by atoms with Gasteiger partial charge in [-0.3, -0.25) is 0 Å². The monoisotopic (exact) mass is 289 g/mol. The van der Waals surface area contributed by atoms with Crippen molar-refractivity contribution >= 4 is 0 Å². The van der Waals surface area contributed by atoms with Crippen LogP contribution in [0.1, 0.15) is 56.1 Å². The Morgan fingerprint density at radius 1 is 1.19 bits per heavy atom. The van der Waals surface area contributed by atoms with Crippen LogP contribution >= 0.6 is 0 Å². The highest BCUT2D eigenvalue weighted by Gasteiger charge is 2.54. The van der Waals surface area contributed by atoms with Crippen LogP contribution in [0.3, 0.4) is 0 Å². The molecular weight excluding hydrogens is 266 g/mol. The number of aliphatic hydroxyl groups is 1. The summed E-state index contributed by atoms with van der Waals surface area (Å²) in [6, 6.07) is 3.44. The molecule has 1 aromatic rings. The Bertz CT molecular complexity index is 585. The van der Waals surface area contributed by atoms with E-state index >= 15 is 0 Å². The maximum atomic E-state index is 14.2. The number of fused-ring (bicyclic) bond motifs is 5. The largest absolute Gasteiger partial charge is 0.505 e. The lowest BCUT2D eigenvalue weighted by molar-refractivity contribution is -0.0227. The normalized spacial score (nSPS) is 41.3. The summed E-state index contributed by atoms with van der Waals surface area (Å²) in [4.78, 5) is 0. The van der Waals surface area contributed by atoms with E-state index in [-0.39, 0.29) is 17.3 Å². The Labute approximate surface area is 125 Å². The molecule has 5 atom stereocenters. The molecule has 0 bridgehead atoms. The fraction of sp³-hybridized carbons (Fsp3) is 0.667. The molecule has 4 rings (SSSR count). The third kappa shape index (κ3) is 1.73. The van der Waals surface area contributed by atoms with Crippen LogP contribution in [0.25, 0.3) is 0 Å². The number of phenols is 1. The predicted molar refractivity (Wildman–Crippen MR) is 78.7 cm³/mol. The smallest absolute Gasteiger partial charge is 0.168 e. The van der Waals surface area contributed by atoms with Gasteiger partial charge in [-0.2, -0.15) is 0 Å². The van der Waals surface area contributed by atoms with Gasteiger partial charge in [-0.1, -0.05) is 13.0 Å². The first-order valence-electron chi connectivity index (χ1n) is 8.20. The molecule has 1 aromatic carbocycles. The van der Waals surface area contributed by atoms with Gasteiger partial charge in [0, 0.05) is 0 Å². The van der Waals surface area contributed by atoms with Gasteiger partial charge in [0.1, 0.15) is 0 Å². The molecule has 21 heavy (non-hydrogen) atoms. The molecule has 0 radical (unpaired) electrons. The van der Waals surface area contributed by atoms with Crippen LogP contribution in [-0.2, 0) is 6.42 Å². The minimum atomic E-state index is -0.411. The number of hydrogen-bond acceptors (Lipinski definition) is 2. The number of aliphatic hydroxyl groups excluding tert-OH is 1. The number of aromatic hydroxyl groups is 1. The van der Waals surface area contributed by atoms with Crippen molar-refractivity contribution in [2.24, 2.45) is 17.3 Å². The van der Waals surface area contributed by atoms with E-state index in [2.05, 4.69) is 6.92 Å². The van der Waals surface area contributed by atoms with Gasteiger partial charge in [0.15, 0.2) is 11.6 Å². The maximum Gasteiger partial charge on any atom is 0.168 e. The molecular formula is C18H23FO2. The highest BCUT2D eigenvalue weighted by molar-refractivity contribution is 5.41. The second-order valence-corrected chi connectivity index (χ2v) is 7.52. The van der Waals surface area contributed by atoms with Crippen molar-refractivity contribution in [2.75, 3.05) is 0 Å². The minimum absolute atomic E-state index is 0.0636. The quantitative estimate of drug-likeness (QED) is 0.763. The van der Waals surface area contributed by atoms with Crippen LogP contribution in [0, 0.1) is 23.1 Å². The molecule has 0 aromatic heterocycles. The number of rotatable bonds is 0. The zero-order valence-corrected chi connectivity index (χ0v) is 12.5. The van der Waals surface area contributed by atoms with Crippen molar-refractivity contribution < 1.29 is 14.6 Å². The van der Waals surface area contributed by atoms with Crippen molar-refractivity contribution in [2.45, 2.75) is 57.5 Å². The molecule has 2 N–H and O–H groups in total. The van der Waals surface area contributed by atoms with Crippen molar-refractivity contribution in [3.8, 4) is 5.75 Å². The van der Waals surface area contributed by atoms with E-state index < -0.39 is 5.82 Å². The van der Waals surface area contributed by atoms with Gasteiger partial charge in [-0.15, -0.1) is 0 Å². The Hall–Kier alpha value is -1.09. The van der Waals surface area contributed by atoms with Crippen molar-refractivity contribution in [3.05, 3.63) is 29.1 Å². The SMILES string of the molecule is C[C@]12CC[C@@H]3c4ccc(O)c([18F])c4CC[C@H]3[C@@H]1CC[C@@H]2O. The van der Waals surface area contributed by atoms with Crippen molar-refractivity contribution in [1.29, 1.82) is 0 Å². The number of halogens is 1. The average Bonchev–Trinajstić information content (AvgIpc) is 2.78. The maximum absolute atomic E-state index is 14.2. The summed E-state index contributed by atoms with van der Waals surface area (Å²) in [5, 5.41) is 19.9. The van der Waals surface area contributed by atoms with Crippen LogP contribution in [0.15, 0.2) is 12.1 Å². The van der Waals surface area contributed by atoms with E-state index in [9.17, 15) is 14.6 Å². The van der Waals surface area contributed by atoms with Gasteiger partial charge in [-0.05, 0) is 78.9 Å². The first-order chi connectivity index (χ1) is 10.0. The van der Waals surface area contributed by atoms with Gasteiger partial charge in [0.2, 0.25) is 0 Å². The summed E-state index contributed by atoms with van der Waals surface area (Å²) in [5.41, 5.74) is 1.91. The van der Waals surface area contributed by atoms with Gasteiger partial charge in [0.25, 0.3) is 0 Å². The molecule has 0 unspecified atom stereocenters. The van der Waals surface area contributed by atoms with E-state index in [1.807, 2.05) is 6.07 Å². The zero-order chi connectivity index (χ0) is 14.8. The second-order valence-electron chi connectivity index (χ2n) is 7.52. The molecule has 0 spiro atoms. The lowest BCUT2D eigenvalue weighted by Crippen LogP contribution is -2.44. The van der Waals surface area contributed by atoms with Crippen LogP contribution in [-0.4, -0.2) is 16.3 Å². The number of phenolic OH excluding ortho intramolecular Hbond substituents is 1. The number of benzene rings is 1. The predicted octanol–water partition coefficient (Wildman–Crippen LogP) is 3.75. The number of hydrogen-bond donors (Lipinski definition) is 2. The third-order valence-corrected chi connectivity index (χ3v) is 6.77. The average molecular weight is 289 g/mol. The summed E-state index contributed by atoms with van der Waals surface area (Å²) >= 11 is 0. The highest BCUT2D eigenvalue weighted by Crippen LogP contribution is 2.61. The molecule has 0 saturated heterocycles. The molecule has 114 valence electrons. The van der Waals surface area contributed by atoms with Crippen LogP contribution in [0.5, 0.6) is 5.75 Å². The van der Waals surface area contributed by atoms with E-state index in [4.69, 9.17) is 0 Å². The van der Waals surface area contributed by atoms with E-state index in [1.54, 1.807) is 0 Å². The Kier molecular flexibility index (Phi) is 2.88. The first kappa shape index (κ1) is 13.6. The lowest BCUT2D eigenvalue weighted by atomic mass is 9.55. The van der Waals surface area contributed by atoms with Crippen LogP contribution in [0.2, 0.25) is 0 Å². The summed E-state index contributed by atoms with van der Waals surface area (Å²) in [7, 11) is 0. The molecule has 0 aliphatic heterocycles. The minimum Gasteiger partial charge on any atom is -0.505 e. The highest BCUT2D eigenvalue weighted by atomic mass is 18.2. The van der Waals surface area contributed by atoms with Crippen LogP contribution in [0.4, 0.5) is 4.39 Å². The Morgan fingerprint density at radius 3 is 2.81 bits per heavy atom. The Balaban J connectivity index is 1.74. The lowest BCUT2D eigenvalue weighted by Gasteiger charge is -2.50.